The van der Waals surface area contributed by atoms with Gasteiger partial charge in [-0.05, 0) is 10.8 Å². The van der Waals surface area contributed by atoms with Gasteiger partial charge in [0, 0.05) is 0 Å². The van der Waals surface area contributed by atoms with Crippen molar-refractivity contribution >= 4 is 47.4 Å². The van der Waals surface area contributed by atoms with E-state index in [2.05, 4.69) is 48.5 Å². The molecule has 3 rings (SSSR count). The van der Waals surface area contributed by atoms with Crippen molar-refractivity contribution in [1.29, 1.82) is 0 Å². The monoisotopic (exact) mass is 271 g/mol. The smallest absolute Gasteiger partial charge is 0.0184 e. The van der Waals surface area contributed by atoms with E-state index in [1.807, 2.05) is 0 Å². The number of fused-ring (bicyclic) bond motifs is 1. The second-order valence-electron chi connectivity index (χ2n) is 4.53. The van der Waals surface area contributed by atoms with Crippen molar-refractivity contribution in [2.24, 2.45) is 0 Å². The van der Waals surface area contributed by atoms with Crippen LogP contribution in [-0.2, 0) is 0 Å². The summed E-state index contributed by atoms with van der Waals surface area (Å²) in [5.41, 5.74) is 6.89. The van der Waals surface area contributed by atoms with Gasteiger partial charge in [0.2, 0.25) is 0 Å². The van der Waals surface area contributed by atoms with E-state index < -0.39 is 0 Å². The molecular formula is C17H14NNaO. The molecule has 3 aromatic carbocycles. The first-order valence-corrected chi connectivity index (χ1v) is 7.47. The van der Waals surface area contributed by atoms with Gasteiger partial charge in [0.05, 0.1) is 0 Å². The topological polar surface area (TPSA) is 43.1 Å². The van der Waals surface area contributed by atoms with Crippen molar-refractivity contribution in [3.63, 3.8) is 0 Å². The van der Waals surface area contributed by atoms with E-state index >= 15 is 0 Å². The number of anilines is 1. The molecule has 0 atom stereocenters. The van der Waals surface area contributed by atoms with Crippen LogP contribution in [0.15, 0.2) is 72.8 Å². The van der Waals surface area contributed by atoms with Crippen LogP contribution < -0.4 is 5.73 Å². The zero-order valence-corrected chi connectivity index (χ0v) is 13.4. The maximum Gasteiger partial charge on any atom is -0.0184 e. The number of hydrogen-bond acceptors (Lipinski definition) is 2. The van der Waals surface area contributed by atoms with Gasteiger partial charge in [-0.25, -0.2) is 0 Å². The molecule has 0 aliphatic rings. The van der Waals surface area contributed by atoms with Gasteiger partial charge in [0.25, 0.3) is 0 Å². The summed E-state index contributed by atoms with van der Waals surface area (Å²) in [7, 11) is 0. The van der Waals surface area contributed by atoms with E-state index in [9.17, 15) is 4.79 Å². The summed E-state index contributed by atoms with van der Waals surface area (Å²) >= 11 is 0.575. The molecular weight excluding hydrogens is 257 g/mol. The van der Waals surface area contributed by atoms with E-state index in [0.29, 0.717) is 33.6 Å². The van der Waals surface area contributed by atoms with Gasteiger partial charge in [0.15, 0.2) is 0 Å². The molecule has 2 nitrogen and oxygen atoms in total. The van der Waals surface area contributed by atoms with Crippen molar-refractivity contribution in [3.05, 3.63) is 78.4 Å². The minimum absolute atomic E-state index is 0.208. The van der Waals surface area contributed by atoms with Crippen molar-refractivity contribution in [3.8, 4) is 0 Å². The minimum atomic E-state index is 0.208. The fourth-order valence-electron chi connectivity index (χ4n) is 1.85. The fraction of sp³-hybridized carbons (Fsp3) is 0. The van der Waals surface area contributed by atoms with E-state index in [0.717, 1.165) is 5.56 Å². The quantitative estimate of drug-likeness (QED) is 0.544. The molecule has 0 amide bonds. The molecule has 0 aromatic heterocycles. The Bertz CT molecular complexity index is 642. The average molecular weight is 271 g/mol. The molecule has 0 heterocycles. The Hall–Kier alpha value is -1.61. The van der Waals surface area contributed by atoms with Gasteiger partial charge in [-0.15, -0.1) is 0 Å². The summed E-state index contributed by atoms with van der Waals surface area (Å²) in [5.74, 6) is 0. The predicted octanol–water partition coefficient (Wildman–Crippen LogP) is 3.42. The zero-order valence-electron chi connectivity index (χ0n) is 11.4. The standard InChI is InChI=1S/C10H8.C7H6NO.Na/c1-2-6-10-8-4-3-7-9(10)5-1;8-7-3-1-6(5-9)2-4-7;/h1-8H;1-4H,8H2;. The largest absolute Gasteiger partial charge is 0.0616 e. The molecule has 0 radical (unpaired) electrons. The summed E-state index contributed by atoms with van der Waals surface area (Å²) < 4.78 is 0.208. The van der Waals surface area contributed by atoms with E-state index in [1.165, 1.54) is 10.8 Å². The van der Waals surface area contributed by atoms with Crippen molar-refractivity contribution in [2.45, 2.75) is 0 Å². The SMILES string of the molecule is Nc1ccc([C](=O)[Na])cc1.c1ccc2ccccc2c1. The van der Waals surface area contributed by atoms with Gasteiger partial charge in [-0.2, -0.15) is 0 Å². The van der Waals surface area contributed by atoms with Crippen LogP contribution in [0.1, 0.15) is 10.4 Å². The Morgan fingerprint density at radius 1 is 0.750 bits per heavy atom. The van der Waals surface area contributed by atoms with Gasteiger partial charge in [-0.3, -0.25) is 0 Å². The molecule has 0 fully saturated rings. The van der Waals surface area contributed by atoms with E-state index in [-0.39, 0.29) is 3.03 Å². The third-order valence-electron chi connectivity index (χ3n) is 2.98. The minimum Gasteiger partial charge on any atom is -0.0616 e. The zero-order chi connectivity index (χ0) is 14.4. The molecule has 0 saturated carbocycles. The maximum atomic E-state index is 10.8. The third-order valence-corrected chi connectivity index (χ3v) is 3.55. The molecule has 2 N–H and O–H groups in total. The number of benzene rings is 3. The molecule has 3 heteroatoms. The molecule has 0 aliphatic heterocycles. The van der Waals surface area contributed by atoms with Crippen LogP contribution in [0.5, 0.6) is 0 Å². The van der Waals surface area contributed by atoms with Crippen LogP contribution in [-0.4, -0.2) is 31.0 Å². The number of carbonyl (C=O) groups excluding carboxylic acids is 1. The second-order valence-corrected chi connectivity index (χ2v) is 5.43. The Kier molecular flexibility index (Phi) is 5.36. The molecule has 0 saturated heterocycles. The van der Waals surface area contributed by atoms with Gasteiger partial charge in [0.1, 0.15) is 0 Å². The Labute approximate surface area is 136 Å². The van der Waals surface area contributed by atoms with Crippen LogP contribution in [0.4, 0.5) is 5.69 Å². The maximum absolute atomic E-state index is 10.8. The van der Waals surface area contributed by atoms with E-state index in [1.54, 1.807) is 24.3 Å². The summed E-state index contributed by atoms with van der Waals surface area (Å²) in [6.07, 6.45) is 0. The van der Waals surface area contributed by atoms with Crippen LogP contribution in [0.2, 0.25) is 0 Å². The Morgan fingerprint density at radius 3 is 1.50 bits per heavy atom. The first-order chi connectivity index (χ1) is 9.66. The first-order valence-electron chi connectivity index (χ1n) is 6.47. The van der Waals surface area contributed by atoms with Gasteiger partial charge in [-0.1, -0.05) is 48.5 Å². The molecule has 20 heavy (non-hydrogen) atoms. The van der Waals surface area contributed by atoms with Crippen LogP contribution in [0.3, 0.4) is 0 Å². The number of nitrogens with two attached hydrogens (primary N) is 1. The first kappa shape index (κ1) is 14.8. The average Bonchev–Trinajstić information content (AvgIpc) is 2.48. The van der Waals surface area contributed by atoms with Crippen LogP contribution >= 0.6 is 0 Å². The van der Waals surface area contributed by atoms with Crippen molar-refractivity contribution in [2.75, 3.05) is 5.73 Å². The molecule has 0 aliphatic carbocycles. The Balaban J connectivity index is 0.000000147. The summed E-state index contributed by atoms with van der Waals surface area (Å²) in [6.45, 7) is 0. The second kappa shape index (κ2) is 7.25. The van der Waals surface area contributed by atoms with Gasteiger partial charge >= 0.3 is 77.0 Å². The van der Waals surface area contributed by atoms with Gasteiger partial charge < -0.3 is 0 Å². The molecule has 3 aromatic rings. The number of carbonyl (C=O) groups is 1. The summed E-state index contributed by atoms with van der Waals surface area (Å²) in [4.78, 5) is 10.8. The molecule has 0 spiro atoms. The summed E-state index contributed by atoms with van der Waals surface area (Å²) in [6, 6.07) is 23.7. The summed E-state index contributed by atoms with van der Waals surface area (Å²) in [5, 5.41) is 2.62. The van der Waals surface area contributed by atoms with Crippen molar-refractivity contribution < 1.29 is 4.79 Å². The van der Waals surface area contributed by atoms with Crippen LogP contribution in [0.25, 0.3) is 10.8 Å². The number of nitrogen functional groups attached to an aromatic ring is 1. The molecule has 0 unspecified atom stereocenters. The molecule has 0 bridgehead atoms. The Morgan fingerprint density at radius 2 is 1.15 bits per heavy atom. The molecule has 94 valence electrons. The third kappa shape index (κ3) is 4.20. The normalized spacial score (nSPS) is 9.70. The van der Waals surface area contributed by atoms with E-state index in [4.69, 9.17) is 5.73 Å². The number of hydrogen-bond donors (Lipinski definition) is 1. The number of rotatable bonds is 1. The van der Waals surface area contributed by atoms with Crippen molar-refractivity contribution in [1.82, 2.24) is 0 Å². The predicted molar refractivity (Wildman–Crippen MR) is 84.9 cm³/mol. The fourth-order valence-corrected chi connectivity index (χ4v) is 2.18. The van der Waals surface area contributed by atoms with Crippen LogP contribution in [0, 0.1) is 0 Å².